The molecule has 3 aromatic rings. The van der Waals surface area contributed by atoms with Crippen LogP contribution in [0.1, 0.15) is 26.8 Å². The third-order valence-corrected chi connectivity index (χ3v) is 5.85. The Morgan fingerprint density at radius 2 is 1.64 bits per heavy atom. The summed E-state index contributed by atoms with van der Waals surface area (Å²) in [5.74, 6) is -1.07. The maximum absolute atomic E-state index is 13.5. The van der Waals surface area contributed by atoms with Crippen LogP contribution < -0.4 is 0 Å². The second-order valence-corrected chi connectivity index (χ2v) is 8.39. The molecule has 1 heterocycles. The van der Waals surface area contributed by atoms with Crippen LogP contribution in [0.4, 0.5) is 0 Å². The van der Waals surface area contributed by atoms with Crippen molar-refractivity contribution in [2.75, 3.05) is 20.4 Å². The molecule has 2 aromatic carbocycles. The molecule has 0 fully saturated rings. The lowest BCUT2D eigenvalue weighted by Gasteiger charge is -2.25. The van der Waals surface area contributed by atoms with E-state index in [0.717, 1.165) is 10.6 Å². The number of sulfonamides is 1. The predicted octanol–water partition coefficient (Wildman–Crippen LogP) is 2.70. The number of para-hydroxylation sites is 1. The Morgan fingerprint density at radius 1 is 1.04 bits per heavy atom. The highest BCUT2D eigenvalue weighted by atomic mass is 32.2. The summed E-state index contributed by atoms with van der Waals surface area (Å²) in [5.41, 5.74) is 1.26. The van der Waals surface area contributed by atoms with Crippen LogP contribution in [0.5, 0.6) is 0 Å². The molecule has 0 bridgehead atoms. The smallest absolute Gasteiger partial charge is 0.340 e. The first-order valence-corrected chi connectivity index (χ1v) is 10.3. The fourth-order valence-electron chi connectivity index (χ4n) is 3.10. The van der Waals surface area contributed by atoms with E-state index in [2.05, 4.69) is 0 Å². The summed E-state index contributed by atoms with van der Waals surface area (Å²) in [6.45, 7) is 0. The fourth-order valence-corrected chi connectivity index (χ4v) is 3.70. The lowest BCUT2D eigenvalue weighted by Crippen LogP contribution is -2.37. The van der Waals surface area contributed by atoms with Crippen LogP contribution in [0, 0.1) is 0 Å². The highest BCUT2D eigenvalue weighted by Gasteiger charge is 2.33. The first kappa shape index (κ1) is 19.8. The molecule has 0 spiro atoms. The summed E-state index contributed by atoms with van der Waals surface area (Å²) >= 11 is 0. The van der Waals surface area contributed by atoms with Gasteiger partial charge in [-0.1, -0.05) is 48.5 Å². The average molecular weight is 400 g/mol. The molecule has 3 rings (SSSR count). The van der Waals surface area contributed by atoms with Crippen molar-refractivity contribution in [3.63, 3.8) is 0 Å². The molecule has 1 aromatic heterocycles. The zero-order valence-corrected chi connectivity index (χ0v) is 16.5. The van der Waals surface area contributed by atoms with Gasteiger partial charge < -0.3 is 4.74 Å². The first-order chi connectivity index (χ1) is 13.3. The van der Waals surface area contributed by atoms with Gasteiger partial charge >= 0.3 is 5.97 Å². The van der Waals surface area contributed by atoms with Crippen molar-refractivity contribution in [2.45, 2.75) is 6.04 Å². The normalized spacial score (nSPS) is 12.9. The van der Waals surface area contributed by atoms with Crippen LogP contribution in [-0.4, -0.2) is 49.6 Å². The largest absolute Gasteiger partial charge is 0.465 e. The first-order valence-electron chi connectivity index (χ1n) is 8.46. The van der Waals surface area contributed by atoms with E-state index in [1.807, 2.05) is 0 Å². The van der Waals surface area contributed by atoms with Gasteiger partial charge in [-0.3, -0.25) is 9.36 Å². The maximum Gasteiger partial charge on any atom is 0.340 e. The van der Waals surface area contributed by atoms with Gasteiger partial charge in [-0.05, 0) is 11.6 Å². The standard InChI is InChI=1S/C20H20N2O5S/c1-21(28(3,25)26)18(14-9-5-4-6-10-14)19(23)22-13-16(20(24)27-2)15-11-7-8-12-17(15)22/h4-13,18H,1-3H3. The molecule has 8 heteroatoms. The Hall–Kier alpha value is -2.97. The molecule has 7 nitrogen and oxygen atoms in total. The van der Waals surface area contributed by atoms with E-state index in [4.69, 9.17) is 4.74 Å². The minimum atomic E-state index is -3.66. The molecule has 28 heavy (non-hydrogen) atoms. The van der Waals surface area contributed by atoms with Crippen LogP contribution in [-0.2, 0) is 14.8 Å². The number of hydrogen-bond donors (Lipinski definition) is 0. The van der Waals surface area contributed by atoms with Crippen LogP contribution in [0.3, 0.4) is 0 Å². The Morgan fingerprint density at radius 3 is 2.25 bits per heavy atom. The molecule has 0 amide bonds. The minimum Gasteiger partial charge on any atom is -0.465 e. The number of carbonyl (C=O) groups excluding carboxylic acids is 2. The van der Waals surface area contributed by atoms with E-state index >= 15 is 0 Å². The van der Waals surface area contributed by atoms with Crippen molar-refractivity contribution >= 4 is 32.8 Å². The molecule has 1 atom stereocenters. The molecule has 0 aliphatic rings. The third kappa shape index (κ3) is 3.56. The lowest BCUT2D eigenvalue weighted by molar-refractivity contribution is 0.0603. The highest BCUT2D eigenvalue weighted by Crippen LogP contribution is 2.28. The summed E-state index contributed by atoms with van der Waals surface area (Å²) in [7, 11) is -1.04. The van der Waals surface area contributed by atoms with Crippen LogP contribution in [0.25, 0.3) is 10.9 Å². The highest BCUT2D eigenvalue weighted by molar-refractivity contribution is 7.88. The molecule has 0 aliphatic carbocycles. The van der Waals surface area contributed by atoms with Crippen molar-refractivity contribution in [1.82, 2.24) is 8.87 Å². The number of nitrogens with zero attached hydrogens (tertiary/aromatic N) is 2. The van der Waals surface area contributed by atoms with Crippen LogP contribution >= 0.6 is 0 Å². The summed E-state index contributed by atoms with van der Waals surface area (Å²) < 4.78 is 31.5. The molecule has 146 valence electrons. The van der Waals surface area contributed by atoms with Gasteiger partial charge in [0.2, 0.25) is 10.0 Å². The van der Waals surface area contributed by atoms with Crippen molar-refractivity contribution in [3.8, 4) is 0 Å². The van der Waals surface area contributed by atoms with Gasteiger partial charge in [-0.15, -0.1) is 0 Å². The molecular weight excluding hydrogens is 380 g/mol. The number of hydrogen-bond acceptors (Lipinski definition) is 5. The van der Waals surface area contributed by atoms with Crippen molar-refractivity contribution in [2.24, 2.45) is 0 Å². The SMILES string of the molecule is COC(=O)c1cn(C(=O)C(c2ccccc2)N(C)S(C)(=O)=O)c2ccccc12. The van der Waals surface area contributed by atoms with Gasteiger partial charge in [-0.2, -0.15) is 4.31 Å². The van der Waals surface area contributed by atoms with Crippen molar-refractivity contribution in [1.29, 1.82) is 0 Å². The summed E-state index contributed by atoms with van der Waals surface area (Å²) in [4.78, 5) is 25.6. The van der Waals surface area contributed by atoms with Crippen LogP contribution in [0.15, 0.2) is 60.8 Å². The van der Waals surface area contributed by atoms with Gasteiger partial charge in [0, 0.05) is 18.6 Å². The third-order valence-electron chi connectivity index (χ3n) is 4.59. The Labute approximate surface area is 163 Å². The van der Waals surface area contributed by atoms with E-state index < -0.39 is 27.9 Å². The number of benzene rings is 2. The van der Waals surface area contributed by atoms with Crippen LogP contribution in [0.2, 0.25) is 0 Å². The summed E-state index contributed by atoms with van der Waals surface area (Å²) in [6.07, 6.45) is 2.44. The predicted molar refractivity (Wildman–Crippen MR) is 106 cm³/mol. The van der Waals surface area contributed by atoms with E-state index in [9.17, 15) is 18.0 Å². The number of aromatic nitrogens is 1. The molecule has 0 saturated heterocycles. The topological polar surface area (TPSA) is 85.7 Å². The molecule has 0 N–H and O–H groups in total. The Balaban J connectivity index is 2.21. The summed E-state index contributed by atoms with van der Waals surface area (Å²) in [6, 6.07) is 14.5. The summed E-state index contributed by atoms with van der Waals surface area (Å²) in [5, 5.41) is 0.552. The van der Waals surface area contributed by atoms with E-state index in [-0.39, 0.29) is 5.56 Å². The second kappa shape index (κ2) is 7.57. The minimum absolute atomic E-state index is 0.236. The Bertz CT molecular complexity index is 1140. The molecule has 0 aliphatic heterocycles. The number of esters is 1. The van der Waals surface area contributed by atoms with E-state index in [0.29, 0.717) is 16.5 Å². The molecule has 0 saturated carbocycles. The van der Waals surface area contributed by atoms with Crippen molar-refractivity contribution in [3.05, 3.63) is 71.9 Å². The van der Waals surface area contributed by atoms with Gasteiger partial charge in [0.15, 0.2) is 0 Å². The number of methoxy groups -OCH3 is 1. The quantitative estimate of drug-likeness (QED) is 0.615. The Kier molecular flexibility index (Phi) is 5.35. The van der Waals surface area contributed by atoms with Gasteiger partial charge in [-0.25, -0.2) is 13.2 Å². The maximum atomic E-state index is 13.5. The van der Waals surface area contributed by atoms with Gasteiger partial charge in [0.25, 0.3) is 5.91 Å². The zero-order chi connectivity index (χ0) is 20.5. The molecule has 0 radical (unpaired) electrons. The number of fused-ring (bicyclic) bond motifs is 1. The van der Waals surface area contributed by atoms with Crippen molar-refractivity contribution < 1.29 is 22.7 Å². The molecule has 1 unspecified atom stereocenters. The number of carbonyl (C=O) groups is 2. The number of rotatable bonds is 5. The lowest BCUT2D eigenvalue weighted by atomic mass is 10.1. The van der Waals surface area contributed by atoms with E-state index in [1.165, 1.54) is 24.9 Å². The average Bonchev–Trinajstić information content (AvgIpc) is 3.07. The monoisotopic (exact) mass is 400 g/mol. The second-order valence-electron chi connectivity index (χ2n) is 6.35. The molecular formula is C20H20N2O5S. The zero-order valence-electron chi connectivity index (χ0n) is 15.7. The van der Waals surface area contributed by atoms with Gasteiger partial charge in [0.05, 0.1) is 24.4 Å². The number of ether oxygens (including phenoxy) is 1. The van der Waals surface area contributed by atoms with Gasteiger partial charge in [0.1, 0.15) is 6.04 Å². The fraction of sp³-hybridized carbons (Fsp3) is 0.200. The number of likely N-dealkylation sites (N-methyl/N-ethyl adjacent to an activating group) is 1. The van der Waals surface area contributed by atoms with E-state index in [1.54, 1.807) is 54.6 Å².